The molecule has 0 aromatic heterocycles. The fourth-order valence-corrected chi connectivity index (χ4v) is 2.38. The quantitative estimate of drug-likeness (QED) is 0.815. The van der Waals surface area contributed by atoms with Gasteiger partial charge in [0.05, 0.1) is 13.1 Å². The highest BCUT2D eigenvalue weighted by atomic mass is 16.2. The molecule has 0 heterocycles. The van der Waals surface area contributed by atoms with E-state index in [1.54, 1.807) is 7.05 Å². The number of amides is 2. The molecule has 0 fully saturated rings. The highest BCUT2D eigenvalue weighted by Gasteiger charge is 2.14. The normalized spacial score (nSPS) is 11.6. The lowest BCUT2D eigenvalue weighted by Gasteiger charge is -2.19. The Labute approximate surface area is 149 Å². The van der Waals surface area contributed by atoms with Gasteiger partial charge in [0.1, 0.15) is 0 Å². The number of benzene rings is 2. The van der Waals surface area contributed by atoms with Crippen LogP contribution < -0.4 is 10.6 Å². The summed E-state index contributed by atoms with van der Waals surface area (Å²) in [5.41, 5.74) is 2.98. The maximum Gasteiger partial charge on any atom is 0.243 e. The Bertz CT molecular complexity index is 699. The van der Waals surface area contributed by atoms with Crippen LogP contribution >= 0.6 is 0 Å². The molecule has 0 radical (unpaired) electrons. The largest absolute Gasteiger partial charge is 0.335 e. The minimum absolute atomic E-state index is 0.0219. The van der Waals surface area contributed by atoms with Crippen molar-refractivity contribution in [1.29, 1.82) is 0 Å². The summed E-state index contributed by atoms with van der Waals surface area (Å²) in [6, 6.07) is 17.5. The average Bonchev–Trinajstić information content (AvgIpc) is 2.62. The van der Waals surface area contributed by atoms with E-state index in [1.807, 2.05) is 68.4 Å². The van der Waals surface area contributed by atoms with Gasteiger partial charge in [-0.05, 0) is 31.5 Å². The predicted molar refractivity (Wildman–Crippen MR) is 100 cm³/mol. The minimum Gasteiger partial charge on any atom is -0.335 e. The number of hydrogen-bond donors (Lipinski definition) is 2. The van der Waals surface area contributed by atoms with Crippen molar-refractivity contribution in [3.05, 3.63) is 65.7 Å². The first-order valence-electron chi connectivity index (χ1n) is 8.34. The van der Waals surface area contributed by atoms with Gasteiger partial charge in [-0.2, -0.15) is 0 Å². The van der Waals surface area contributed by atoms with Crippen LogP contribution in [0.4, 0.5) is 5.69 Å². The molecule has 0 saturated heterocycles. The van der Waals surface area contributed by atoms with Gasteiger partial charge in [-0.15, -0.1) is 0 Å². The Kier molecular flexibility index (Phi) is 6.71. The first-order chi connectivity index (χ1) is 12.0. The molecule has 2 aromatic carbocycles. The lowest BCUT2D eigenvalue weighted by Crippen LogP contribution is -2.40. The van der Waals surface area contributed by atoms with Gasteiger partial charge in [-0.25, -0.2) is 0 Å². The van der Waals surface area contributed by atoms with Crippen molar-refractivity contribution < 1.29 is 9.59 Å². The number of hydrogen-bond acceptors (Lipinski definition) is 3. The Morgan fingerprint density at radius 3 is 2.32 bits per heavy atom. The highest BCUT2D eigenvalue weighted by molar-refractivity contribution is 5.94. The summed E-state index contributed by atoms with van der Waals surface area (Å²) in [7, 11) is 1.63. The van der Waals surface area contributed by atoms with Gasteiger partial charge in [0.25, 0.3) is 0 Å². The molecule has 0 spiro atoms. The second-order valence-electron chi connectivity index (χ2n) is 6.18. The van der Waals surface area contributed by atoms with Crippen LogP contribution in [-0.4, -0.2) is 36.9 Å². The lowest BCUT2D eigenvalue weighted by atomic mass is 10.1. The van der Waals surface area contributed by atoms with E-state index >= 15 is 0 Å². The zero-order chi connectivity index (χ0) is 18.2. The van der Waals surface area contributed by atoms with Crippen molar-refractivity contribution in [2.45, 2.75) is 19.9 Å². The minimum atomic E-state index is -0.212. The monoisotopic (exact) mass is 339 g/mol. The summed E-state index contributed by atoms with van der Waals surface area (Å²) >= 11 is 0. The summed E-state index contributed by atoms with van der Waals surface area (Å²) in [5, 5.41) is 5.98. The van der Waals surface area contributed by atoms with E-state index in [9.17, 15) is 9.59 Å². The molecule has 2 amide bonds. The molecule has 2 N–H and O–H groups in total. The third-order valence-electron chi connectivity index (χ3n) is 4.00. The smallest absolute Gasteiger partial charge is 0.243 e. The molecule has 2 aromatic rings. The van der Waals surface area contributed by atoms with Gasteiger partial charge in [0, 0.05) is 18.8 Å². The van der Waals surface area contributed by atoms with Crippen LogP contribution in [0.5, 0.6) is 0 Å². The fraction of sp³-hybridized carbons (Fsp3) is 0.300. The molecule has 0 aliphatic rings. The highest BCUT2D eigenvalue weighted by Crippen LogP contribution is 2.11. The van der Waals surface area contributed by atoms with E-state index in [0.717, 1.165) is 16.8 Å². The molecule has 25 heavy (non-hydrogen) atoms. The molecule has 5 nitrogen and oxygen atoms in total. The number of aryl methyl sites for hydroxylation is 1. The third kappa shape index (κ3) is 6.04. The Morgan fingerprint density at radius 2 is 1.68 bits per heavy atom. The van der Waals surface area contributed by atoms with Gasteiger partial charge >= 0.3 is 0 Å². The Morgan fingerprint density at radius 1 is 1.04 bits per heavy atom. The van der Waals surface area contributed by atoms with Crippen molar-refractivity contribution in [2.75, 3.05) is 25.5 Å². The number of anilines is 1. The van der Waals surface area contributed by atoms with Crippen LogP contribution in [0.25, 0.3) is 0 Å². The standard InChI is InChI=1S/C20H25N3O2/c1-15-9-11-18(12-10-15)22-19(24)14-23(3)20(25)13-21-16(2)17-7-5-4-6-8-17/h4-12,16,21H,13-14H2,1-3H3,(H,22,24)/t16-/m0/s1. The van der Waals surface area contributed by atoms with Gasteiger partial charge in [0.15, 0.2) is 0 Å². The molecular formula is C20H25N3O2. The Hall–Kier alpha value is -2.66. The molecule has 2 rings (SSSR count). The SMILES string of the molecule is Cc1ccc(NC(=O)CN(C)C(=O)CN[C@@H](C)c2ccccc2)cc1. The molecule has 1 atom stereocenters. The summed E-state index contributed by atoms with van der Waals surface area (Å²) in [6.45, 7) is 4.20. The molecule has 0 unspecified atom stereocenters. The number of nitrogens with one attached hydrogen (secondary N) is 2. The van der Waals surface area contributed by atoms with Crippen molar-refractivity contribution in [2.24, 2.45) is 0 Å². The van der Waals surface area contributed by atoms with E-state index in [4.69, 9.17) is 0 Å². The molecule has 5 heteroatoms. The fourth-order valence-electron chi connectivity index (χ4n) is 2.38. The maximum absolute atomic E-state index is 12.2. The van der Waals surface area contributed by atoms with Crippen LogP contribution in [0.1, 0.15) is 24.1 Å². The molecule has 132 valence electrons. The van der Waals surface area contributed by atoms with Crippen LogP contribution in [0, 0.1) is 6.92 Å². The van der Waals surface area contributed by atoms with Gasteiger partial charge in [0.2, 0.25) is 11.8 Å². The third-order valence-corrected chi connectivity index (χ3v) is 4.00. The van der Waals surface area contributed by atoms with Crippen molar-refractivity contribution in [1.82, 2.24) is 10.2 Å². The number of rotatable bonds is 7. The zero-order valence-electron chi connectivity index (χ0n) is 15.0. The van der Waals surface area contributed by atoms with Gasteiger partial charge < -0.3 is 15.5 Å². The molecule has 0 aliphatic heterocycles. The van der Waals surface area contributed by atoms with E-state index in [0.29, 0.717) is 0 Å². The van der Waals surface area contributed by atoms with Crippen LogP contribution in [0.15, 0.2) is 54.6 Å². The number of nitrogens with zero attached hydrogens (tertiary/aromatic N) is 1. The van der Waals surface area contributed by atoms with Crippen LogP contribution in [-0.2, 0) is 9.59 Å². The average molecular weight is 339 g/mol. The topological polar surface area (TPSA) is 61.4 Å². The first-order valence-corrected chi connectivity index (χ1v) is 8.34. The summed E-state index contributed by atoms with van der Waals surface area (Å²) in [4.78, 5) is 25.7. The molecule has 0 bridgehead atoms. The Balaban J connectivity index is 1.77. The van der Waals surface area contributed by atoms with E-state index in [1.165, 1.54) is 4.90 Å². The molecule has 0 saturated carbocycles. The zero-order valence-corrected chi connectivity index (χ0v) is 15.0. The predicted octanol–water partition coefficient (Wildman–Crippen LogP) is 2.74. The van der Waals surface area contributed by atoms with Crippen molar-refractivity contribution in [3.63, 3.8) is 0 Å². The van der Waals surface area contributed by atoms with Crippen molar-refractivity contribution in [3.8, 4) is 0 Å². The first kappa shape index (κ1) is 18.7. The summed E-state index contributed by atoms with van der Waals surface area (Å²) in [5.74, 6) is -0.336. The van der Waals surface area contributed by atoms with Gasteiger partial charge in [-0.1, -0.05) is 48.0 Å². The van der Waals surface area contributed by atoms with E-state index in [-0.39, 0.29) is 30.9 Å². The molecule has 0 aliphatic carbocycles. The lowest BCUT2D eigenvalue weighted by molar-refractivity contribution is -0.132. The number of likely N-dealkylation sites (N-methyl/N-ethyl adjacent to an activating group) is 1. The number of carbonyl (C=O) groups excluding carboxylic acids is 2. The second-order valence-corrected chi connectivity index (χ2v) is 6.18. The number of carbonyl (C=O) groups is 2. The van der Waals surface area contributed by atoms with Gasteiger partial charge in [-0.3, -0.25) is 9.59 Å². The molecular weight excluding hydrogens is 314 g/mol. The second kappa shape index (κ2) is 8.99. The van der Waals surface area contributed by atoms with Crippen molar-refractivity contribution >= 4 is 17.5 Å². The van der Waals surface area contributed by atoms with E-state index < -0.39 is 0 Å². The summed E-state index contributed by atoms with van der Waals surface area (Å²) < 4.78 is 0. The van der Waals surface area contributed by atoms with E-state index in [2.05, 4.69) is 10.6 Å². The maximum atomic E-state index is 12.2. The van der Waals surface area contributed by atoms with Crippen LogP contribution in [0.3, 0.4) is 0 Å². The van der Waals surface area contributed by atoms with Crippen LogP contribution in [0.2, 0.25) is 0 Å². The summed E-state index contributed by atoms with van der Waals surface area (Å²) in [6.07, 6.45) is 0.